The SMILES string of the molecule is Brc1ccc2c(c1)C(c1ccccc1)(c1ccccc1)c1cc(-c3nc(-c4ccccc4)nc(-c4ccccc4)n3)ccc1O2. The molecule has 6 aromatic carbocycles. The molecule has 1 aliphatic rings. The van der Waals surface area contributed by atoms with E-state index < -0.39 is 5.41 Å². The van der Waals surface area contributed by atoms with Crippen LogP contribution in [-0.4, -0.2) is 15.0 Å². The van der Waals surface area contributed by atoms with Crippen LogP contribution < -0.4 is 4.74 Å². The lowest BCUT2D eigenvalue weighted by Gasteiger charge is -2.41. The van der Waals surface area contributed by atoms with Gasteiger partial charge in [-0.1, -0.05) is 137 Å². The van der Waals surface area contributed by atoms with E-state index in [1.165, 1.54) is 0 Å². The predicted molar refractivity (Wildman–Crippen MR) is 182 cm³/mol. The summed E-state index contributed by atoms with van der Waals surface area (Å²) in [6.45, 7) is 0. The molecule has 4 nitrogen and oxygen atoms in total. The van der Waals surface area contributed by atoms with Gasteiger partial charge in [-0.2, -0.15) is 0 Å². The summed E-state index contributed by atoms with van der Waals surface area (Å²) in [6, 6.07) is 53.9. The van der Waals surface area contributed by atoms with E-state index in [0.717, 1.165) is 54.9 Å². The minimum Gasteiger partial charge on any atom is -0.457 e. The number of nitrogens with zero attached hydrogens (tertiary/aromatic N) is 3. The fraction of sp³-hybridized carbons (Fsp3) is 0.0250. The Labute approximate surface area is 270 Å². The predicted octanol–water partition coefficient (Wildman–Crippen LogP) is 10.1. The van der Waals surface area contributed by atoms with Crippen molar-refractivity contribution in [1.82, 2.24) is 15.0 Å². The van der Waals surface area contributed by atoms with E-state index in [9.17, 15) is 0 Å². The van der Waals surface area contributed by atoms with Crippen molar-refractivity contribution in [2.24, 2.45) is 0 Å². The Morgan fingerprint density at radius 2 is 0.844 bits per heavy atom. The molecule has 0 N–H and O–H groups in total. The van der Waals surface area contributed by atoms with Crippen LogP contribution in [0.1, 0.15) is 22.3 Å². The van der Waals surface area contributed by atoms with Crippen molar-refractivity contribution in [2.75, 3.05) is 0 Å². The van der Waals surface area contributed by atoms with Gasteiger partial charge in [-0.3, -0.25) is 0 Å². The van der Waals surface area contributed by atoms with Crippen molar-refractivity contribution in [2.45, 2.75) is 5.41 Å². The Bertz CT molecular complexity index is 2040. The van der Waals surface area contributed by atoms with E-state index in [1.54, 1.807) is 0 Å². The maximum Gasteiger partial charge on any atom is 0.164 e. The average molecular weight is 645 g/mol. The van der Waals surface area contributed by atoms with Crippen LogP contribution in [0.4, 0.5) is 0 Å². The van der Waals surface area contributed by atoms with Crippen LogP contribution in [0.5, 0.6) is 11.5 Å². The first-order chi connectivity index (χ1) is 22.2. The minimum absolute atomic E-state index is 0.598. The second kappa shape index (κ2) is 11.3. The van der Waals surface area contributed by atoms with Crippen LogP contribution in [-0.2, 0) is 5.41 Å². The zero-order chi connectivity index (χ0) is 30.2. The lowest BCUT2D eigenvalue weighted by molar-refractivity contribution is 0.434. The van der Waals surface area contributed by atoms with Gasteiger partial charge in [-0.15, -0.1) is 0 Å². The van der Waals surface area contributed by atoms with Crippen LogP contribution in [0.2, 0.25) is 0 Å². The molecule has 0 saturated heterocycles. The molecular formula is C40H26BrN3O. The van der Waals surface area contributed by atoms with Crippen molar-refractivity contribution in [3.63, 3.8) is 0 Å². The lowest BCUT2D eigenvalue weighted by atomic mass is 9.63. The minimum atomic E-state index is -0.664. The topological polar surface area (TPSA) is 47.9 Å². The van der Waals surface area contributed by atoms with E-state index in [1.807, 2.05) is 84.9 Å². The van der Waals surface area contributed by atoms with Crippen LogP contribution in [0.3, 0.4) is 0 Å². The number of fused-ring (bicyclic) bond motifs is 2. The number of hydrogen-bond acceptors (Lipinski definition) is 4. The van der Waals surface area contributed by atoms with Crippen molar-refractivity contribution in [3.05, 3.63) is 184 Å². The molecule has 0 bridgehead atoms. The molecular weight excluding hydrogens is 618 g/mol. The zero-order valence-electron chi connectivity index (χ0n) is 24.1. The third kappa shape index (κ3) is 4.73. The summed E-state index contributed by atoms with van der Waals surface area (Å²) in [4.78, 5) is 15.0. The van der Waals surface area contributed by atoms with Gasteiger partial charge < -0.3 is 4.74 Å². The molecule has 0 atom stereocenters. The number of ether oxygens (including phenoxy) is 1. The summed E-state index contributed by atoms with van der Waals surface area (Å²) < 4.78 is 7.62. The van der Waals surface area contributed by atoms with Crippen molar-refractivity contribution in [3.8, 4) is 45.7 Å². The molecule has 0 aliphatic carbocycles. The third-order valence-electron chi connectivity index (χ3n) is 8.32. The normalized spacial score (nSPS) is 12.9. The zero-order valence-corrected chi connectivity index (χ0v) is 25.7. The molecule has 5 heteroatoms. The average Bonchev–Trinajstić information content (AvgIpc) is 3.12. The first-order valence-corrected chi connectivity index (χ1v) is 15.6. The van der Waals surface area contributed by atoms with Gasteiger partial charge in [0.1, 0.15) is 11.5 Å². The van der Waals surface area contributed by atoms with E-state index in [0.29, 0.717) is 17.5 Å². The van der Waals surface area contributed by atoms with Crippen LogP contribution in [0.25, 0.3) is 34.2 Å². The standard InChI is InChI=1S/C40H26BrN3O/c41-32-22-24-36-34(26-32)40(30-17-9-3-10-18-30,31-19-11-4-12-20-31)33-25-29(21-23-35(33)45-36)39-43-37(27-13-5-1-6-14-27)42-38(44-39)28-15-7-2-8-16-28/h1-26H. The molecule has 0 radical (unpaired) electrons. The van der Waals surface area contributed by atoms with Gasteiger partial charge in [0, 0.05) is 32.3 Å². The molecule has 45 heavy (non-hydrogen) atoms. The smallest absolute Gasteiger partial charge is 0.164 e. The molecule has 1 aliphatic heterocycles. The van der Waals surface area contributed by atoms with E-state index in [-0.39, 0.29) is 0 Å². The van der Waals surface area contributed by atoms with Gasteiger partial charge in [0.05, 0.1) is 5.41 Å². The fourth-order valence-corrected chi connectivity index (χ4v) is 6.66. The second-order valence-corrected chi connectivity index (χ2v) is 11.9. The number of halogens is 1. The van der Waals surface area contributed by atoms with E-state index in [4.69, 9.17) is 19.7 Å². The maximum absolute atomic E-state index is 6.63. The van der Waals surface area contributed by atoms with Gasteiger partial charge >= 0.3 is 0 Å². The highest BCUT2D eigenvalue weighted by Crippen LogP contribution is 2.56. The highest BCUT2D eigenvalue weighted by Gasteiger charge is 2.45. The van der Waals surface area contributed by atoms with Crippen molar-refractivity contribution in [1.29, 1.82) is 0 Å². The molecule has 0 spiro atoms. The van der Waals surface area contributed by atoms with Gasteiger partial charge in [0.2, 0.25) is 0 Å². The first kappa shape index (κ1) is 27.2. The summed E-state index contributed by atoms with van der Waals surface area (Å²) in [7, 11) is 0. The fourth-order valence-electron chi connectivity index (χ4n) is 6.30. The Balaban J connectivity index is 1.42. The number of hydrogen-bond donors (Lipinski definition) is 0. The molecule has 1 aromatic heterocycles. The van der Waals surface area contributed by atoms with Crippen LogP contribution >= 0.6 is 15.9 Å². The Morgan fingerprint density at radius 1 is 0.422 bits per heavy atom. The second-order valence-electron chi connectivity index (χ2n) is 11.0. The summed E-state index contributed by atoms with van der Waals surface area (Å²) in [6.07, 6.45) is 0. The number of benzene rings is 6. The first-order valence-electron chi connectivity index (χ1n) is 14.8. The lowest BCUT2D eigenvalue weighted by Crippen LogP contribution is -2.34. The molecule has 0 saturated carbocycles. The summed E-state index contributed by atoms with van der Waals surface area (Å²) in [5, 5.41) is 0. The van der Waals surface area contributed by atoms with Gasteiger partial charge in [-0.05, 0) is 47.5 Å². The van der Waals surface area contributed by atoms with Gasteiger partial charge in [0.15, 0.2) is 17.5 Å². The summed E-state index contributed by atoms with van der Waals surface area (Å²) >= 11 is 3.76. The van der Waals surface area contributed by atoms with Crippen LogP contribution in [0, 0.1) is 0 Å². The van der Waals surface area contributed by atoms with Gasteiger partial charge in [-0.25, -0.2) is 15.0 Å². The highest BCUT2D eigenvalue weighted by molar-refractivity contribution is 9.10. The number of aromatic nitrogens is 3. The van der Waals surface area contributed by atoms with Gasteiger partial charge in [0.25, 0.3) is 0 Å². The Morgan fingerprint density at radius 3 is 1.36 bits per heavy atom. The van der Waals surface area contributed by atoms with Crippen LogP contribution in [0.15, 0.2) is 162 Å². The third-order valence-corrected chi connectivity index (χ3v) is 8.81. The van der Waals surface area contributed by atoms with Crippen molar-refractivity contribution >= 4 is 15.9 Å². The Kier molecular flexibility index (Phi) is 6.81. The number of rotatable bonds is 5. The molecule has 0 unspecified atom stereocenters. The van der Waals surface area contributed by atoms with Crippen molar-refractivity contribution < 1.29 is 4.74 Å². The molecule has 0 amide bonds. The monoisotopic (exact) mass is 643 g/mol. The molecule has 214 valence electrons. The highest BCUT2D eigenvalue weighted by atomic mass is 79.9. The molecule has 7 aromatic rings. The van der Waals surface area contributed by atoms with E-state index >= 15 is 0 Å². The molecule has 2 heterocycles. The van der Waals surface area contributed by atoms with E-state index in [2.05, 4.69) is 88.7 Å². The molecule has 0 fully saturated rings. The molecule has 8 rings (SSSR count). The summed E-state index contributed by atoms with van der Waals surface area (Å²) in [5.41, 5.74) is 6.44. The maximum atomic E-state index is 6.63. The Hall–Kier alpha value is -5.39. The summed E-state index contributed by atoms with van der Waals surface area (Å²) in [5.74, 6) is 3.46. The quantitative estimate of drug-likeness (QED) is 0.187. The largest absolute Gasteiger partial charge is 0.457 e.